The van der Waals surface area contributed by atoms with Gasteiger partial charge < -0.3 is 9.47 Å². The fourth-order valence-electron chi connectivity index (χ4n) is 1.87. The van der Waals surface area contributed by atoms with Gasteiger partial charge in [-0.25, -0.2) is 0 Å². The van der Waals surface area contributed by atoms with E-state index in [0.29, 0.717) is 6.42 Å². The average molecular weight is 228 g/mol. The number of hydrogen-bond donors (Lipinski definition) is 0. The summed E-state index contributed by atoms with van der Waals surface area (Å²) in [5, 5.41) is 0. The smallest absolute Gasteiger partial charge is 0.161 e. The van der Waals surface area contributed by atoms with Crippen molar-refractivity contribution in [3.8, 4) is 0 Å². The van der Waals surface area contributed by atoms with Crippen LogP contribution in [0.25, 0.3) is 0 Å². The maximum Gasteiger partial charge on any atom is 0.161 e. The van der Waals surface area contributed by atoms with E-state index in [0.717, 1.165) is 45.1 Å². The van der Waals surface area contributed by atoms with Crippen LogP contribution in [0.15, 0.2) is 0 Å². The zero-order valence-electron chi connectivity index (χ0n) is 10.5. The summed E-state index contributed by atoms with van der Waals surface area (Å²) in [5.41, 5.74) is 0. The molecule has 0 radical (unpaired) electrons. The molecule has 3 nitrogen and oxygen atoms in total. The maximum absolute atomic E-state index is 11.7. The monoisotopic (exact) mass is 228 g/mol. The molecule has 0 bridgehead atoms. The van der Waals surface area contributed by atoms with Crippen LogP contribution in [0.2, 0.25) is 0 Å². The minimum Gasteiger partial charge on any atom is -0.353 e. The van der Waals surface area contributed by atoms with Gasteiger partial charge in [0, 0.05) is 13.0 Å². The lowest BCUT2D eigenvalue weighted by Crippen LogP contribution is -2.30. The van der Waals surface area contributed by atoms with Crippen molar-refractivity contribution in [3.05, 3.63) is 0 Å². The second kappa shape index (κ2) is 7.80. The molecular formula is C13H24O3. The highest BCUT2D eigenvalue weighted by molar-refractivity contribution is 5.82. The Hall–Kier alpha value is -0.410. The van der Waals surface area contributed by atoms with Crippen molar-refractivity contribution in [2.45, 2.75) is 71.2 Å². The molecule has 3 heteroatoms. The molecule has 94 valence electrons. The van der Waals surface area contributed by atoms with Crippen LogP contribution >= 0.6 is 0 Å². The first-order valence-corrected chi connectivity index (χ1v) is 6.53. The molecule has 1 saturated heterocycles. The van der Waals surface area contributed by atoms with Crippen molar-refractivity contribution in [1.82, 2.24) is 0 Å². The molecule has 0 aliphatic carbocycles. The van der Waals surface area contributed by atoms with Gasteiger partial charge in [-0.15, -0.1) is 0 Å². The molecule has 0 aromatic carbocycles. The van der Waals surface area contributed by atoms with E-state index < -0.39 is 0 Å². The minimum atomic E-state index is -0.306. The Kier molecular flexibility index (Phi) is 6.65. The molecule has 0 saturated carbocycles. The molecule has 1 aliphatic heterocycles. The summed E-state index contributed by atoms with van der Waals surface area (Å²) in [6.07, 6.45) is 6.61. The molecule has 1 aliphatic rings. The highest BCUT2D eigenvalue weighted by Crippen LogP contribution is 2.16. The van der Waals surface area contributed by atoms with Crippen molar-refractivity contribution in [1.29, 1.82) is 0 Å². The molecule has 16 heavy (non-hydrogen) atoms. The summed E-state index contributed by atoms with van der Waals surface area (Å²) in [7, 11) is 0. The number of Topliss-reactive ketones (excluding diaryl/α,β-unsaturated/α-hetero) is 1. The highest BCUT2D eigenvalue weighted by Gasteiger charge is 2.20. The third kappa shape index (κ3) is 5.08. The number of ketones is 1. The minimum absolute atomic E-state index is 0.154. The quantitative estimate of drug-likeness (QED) is 0.628. The van der Waals surface area contributed by atoms with E-state index in [1.807, 2.05) is 6.92 Å². The number of carbonyl (C=O) groups excluding carboxylic acids is 1. The molecule has 0 N–H and O–H groups in total. The predicted octanol–water partition coefficient (Wildman–Crippen LogP) is 3.07. The zero-order valence-corrected chi connectivity index (χ0v) is 10.5. The van der Waals surface area contributed by atoms with Crippen LogP contribution < -0.4 is 0 Å². The summed E-state index contributed by atoms with van der Waals surface area (Å²) in [6, 6.07) is 0. The lowest BCUT2D eigenvalue weighted by atomic mass is 10.1. The number of ether oxygens (including phenoxy) is 2. The standard InChI is InChI=1S/C13H24O3/c1-3-4-5-8-12(14)11(2)16-13-9-6-7-10-15-13/h11,13H,3-10H2,1-2H3. The van der Waals surface area contributed by atoms with E-state index >= 15 is 0 Å². The van der Waals surface area contributed by atoms with Crippen LogP contribution in [0.5, 0.6) is 0 Å². The Labute approximate surface area is 98.5 Å². The van der Waals surface area contributed by atoms with Crippen LogP contribution in [-0.4, -0.2) is 24.8 Å². The number of unbranched alkanes of at least 4 members (excludes halogenated alkanes) is 2. The Bertz CT molecular complexity index is 197. The second-order valence-electron chi connectivity index (χ2n) is 4.50. The fourth-order valence-corrected chi connectivity index (χ4v) is 1.87. The summed E-state index contributed by atoms with van der Waals surface area (Å²) >= 11 is 0. The summed E-state index contributed by atoms with van der Waals surface area (Å²) in [4.78, 5) is 11.7. The van der Waals surface area contributed by atoms with E-state index in [-0.39, 0.29) is 18.2 Å². The second-order valence-corrected chi connectivity index (χ2v) is 4.50. The van der Waals surface area contributed by atoms with Gasteiger partial charge in [-0.2, -0.15) is 0 Å². The SMILES string of the molecule is CCCCCC(=O)C(C)OC1CCCCO1. The van der Waals surface area contributed by atoms with Gasteiger partial charge in [-0.05, 0) is 32.6 Å². The molecule has 0 spiro atoms. The molecule has 0 amide bonds. The third-order valence-electron chi connectivity index (χ3n) is 2.97. The maximum atomic E-state index is 11.7. The first kappa shape index (κ1) is 13.7. The van der Waals surface area contributed by atoms with E-state index in [2.05, 4.69) is 6.92 Å². The Balaban J connectivity index is 2.16. The van der Waals surface area contributed by atoms with Gasteiger partial charge in [0.15, 0.2) is 12.1 Å². The van der Waals surface area contributed by atoms with Crippen molar-refractivity contribution >= 4 is 5.78 Å². The third-order valence-corrected chi connectivity index (χ3v) is 2.97. The lowest BCUT2D eigenvalue weighted by molar-refractivity contribution is -0.188. The van der Waals surface area contributed by atoms with E-state index in [9.17, 15) is 4.79 Å². The molecule has 1 heterocycles. The molecule has 1 fully saturated rings. The molecule has 0 aromatic heterocycles. The first-order chi connectivity index (χ1) is 7.74. The van der Waals surface area contributed by atoms with Crippen molar-refractivity contribution in [2.75, 3.05) is 6.61 Å². The summed E-state index contributed by atoms with van der Waals surface area (Å²) < 4.78 is 11.1. The van der Waals surface area contributed by atoms with Crippen molar-refractivity contribution in [3.63, 3.8) is 0 Å². The lowest BCUT2D eigenvalue weighted by Gasteiger charge is -2.25. The van der Waals surface area contributed by atoms with Gasteiger partial charge in [0.05, 0.1) is 0 Å². The van der Waals surface area contributed by atoms with Crippen LogP contribution in [0, 0.1) is 0 Å². The molecule has 1 rings (SSSR count). The number of rotatable bonds is 7. The van der Waals surface area contributed by atoms with Crippen LogP contribution in [0.1, 0.15) is 58.8 Å². The van der Waals surface area contributed by atoms with E-state index in [1.54, 1.807) is 0 Å². The Morgan fingerprint density at radius 2 is 2.25 bits per heavy atom. The molecule has 2 atom stereocenters. The molecule has 2 unspecified atom stereocenters. The van der Waals surface area contributed by atoms with Gasteiger partial charge in [-0.1, -0.05) is 19.8 Å². The zero-order chi connectivity index (χ0) is 11.8. The first-order valence-electron chi connectivity index (χ1n) is 6.53. The van der Waals surface area contributed by atoms with Gasteiger partial charge in [0.2, 0.25) is 0 Å². The Morgan fingerprint density at radius 3 is 2.88 bits per heavy atom. The van der Waals surface area contributed by atoms with E-state index in [1.165, 1.54) is 0 Å². The topological polar surface area (TPSA) is 35.5 Å². The fraction of sp³-hybridized carbons (Fsp3) is 0.923. The van der Waals surface area contributed by atoms with Gasteiger partial charge >= 0.3 is 0 Å². The van der Waals surface area contributed by atoms with Crippen LogP contribution in [-0.2, 0) is 14.3 Å². The number of hydrogen-bond acceptors (Lipinski definition) is 3. The van der Waals surface area contributed by atoms with Gasteiger partial charge in [0.25, 0.3) is 0 Å². The van der Waals surface area contributed by atoms with Gasteiger partial charge in [-0.3, -0.25) is 4.79 Å². The molecule has 0 aromatic rings. The Morgan fingerprint density at radius 1 is 1.44 bits per heavy atom. The normalized spacial score (nSPS) is 23.0. The average Bonchev–Trinajstić information content (AvgIpc) is 2.30. The van der Waals surface area contributed by atoms with Crippen molar-refractivity contribution in [2.24, 2.45) is 0 Å². The van der Waals surface area contributed by atoms with Crippen LogP contribution in [0.4, 0.5) is 0 Å². The summed E-state index contributed by atoms with van der Waals surface area (Å²) in [5.74, 6) is 0.211. The predicted molar refractivity (Wildman–Crippen MR) is 63.3 cm³/mol. The number of carbonyl (C=O) groups is 1. The van der Waals surface area contributed by atoms with Crippen LogP contribution in [0.3, 0.4) is 0 Å². The van der Waals surface area contributed by atoms with E-state index in [4.69, 9.17) is 9.47 Å². The van der Waals surface area contributed by atoms with Gasteiger partial charge in [0.1, 0.15) is 6.10 Å². The summed E-state index contributed by atoms with van der Waals surface area (Å²) in [6.45, 7) is 4.74. The highest BCUT2D eigenvalue weighted by atomic mass is 16.7. The molecular weight excluding hydrogens is 204 g/mol. The van der Waals surface area contributed by atoms with Crippen molar-refractivity contribution < 1.29 is 14.3 Å². The largest absolute Gasteiger partial charge is 0.353 e.